The van der Waals surface area contributed by atoms with E-state index in [1.807, 2.05) is 37.3 Å². The fourth-order valence-electron chi connectivity index (χ4n) is 5.23. The molecule has 0 aliphatic heterocycles. The molecule has 0 atom stereocenters. The Hall–Kier alpha value is -4.14. The third-order valence-corrected chi connectivity index (χ3v) is 7.68. The average Bonchev–Trinajstić information content (AvgIpc) is 2.97. The van der Waals surface area contributed by atoms with Gasteiger partial charge in [-0.1, -0.05) is 30.3 Å². The molecule has 41 heavy (non-hydrogen) atoms. The number of aryl methyl sites for hydroxylation is 2. The normalized spacial score (nSPS) is 16.7. The number of amides is 1. The van der Waals surface area contributed by atoms with E-state index >= 15 is 0 Å². The van der Waals surface area contributed by atoms with Crippen molar-refractivity contribution in [2.24, 2.45) is 11.8 Å². The molecule has 2 aromatic carbocycles. The summed E-state index contributed by atoms with van der Waals surface area (Å²) in [5, 5.41) is 3.56. The first-order valence-electron chi connectivity index (χ1n) is 14.1. The van der Waals surface area contributed by atoms with Crippen LogP contribution < -0.4 is 15.7 Å². The van der Waals surface area contributed by atoms with E-state index in [0.29, 0.717) is 41.8 Å². The number of hydrogen-bond donors (Lipinski definition) is 1. The van der Waals surface area contributed by atoms with Crippen LogP contribution >= 0.6 is 0 Å². The Balaban J connectivity index is 1.29. The largest absolute Gasteiger partial charge is 0.466 e. The van der Waals surface area contributed by atoms with E-state index in [9.17, 15) is 19.2 Å². The Kier molecular flexibility index (Phi) is 10.2. The van der Waals surface area contributed by atoms with Crippen LogP contribution in [0.5, 0.6) is 5.75 Å². The van der Waals surface area contributed by atoms with Crippen molar-refractivity contribution in [3.63, 3.8) is 0 Å². The highest BCUT2D eigenvalue weighted by Gasteiger charge is 2.29. The summed E-state index contributed by atoms with van der Waals surface area (Å²) >= 11 is 0. The van der Waals surface area contributed by atoms with Gasteiger partial charge in [-0.05, 0) is 82.1 Å². The molecular formula is C32H37NO8. The van der Waals surface area contributed by atoms with Crippen molar-refractivity contribution >= 4 is 29.0 Å². The van der Waals surface area contributed by atoms with E-state index < -0.39 is 11.7 Å². The molecule has 0 spiro atoms. The lowest BCUT2D eigenvalue weighted by atomic mass is 9.82. The molecule has 1 N–H and O–H groups in total. The van der Waals surface area contributed by atoms with Crippen LogP contribution in [0.1, 0.15) is 61.3 Å². The summed E-state index contributed by atoms with van der Waals surface area (Å²) in [6, 6.07) is 13.0. The summed E-state index contributed by atoms with van der Waals surface area (Å²) in [6.07, 6.45) is 2.78. The molecule has 1 aliphatic rings. The van der Waals surface area contributed by atoms with Crippen LogP contribution in [0, 0.1) is 25.7 Å². The lowest BCUT2D eigenvalue weighted by Gasteiger charge is -2.27. The van der Waals surface area contributed by atoms with E-state index in [1.165, 1.54) is 0 Å². The minimum atomic E-state index is -0.512. The van der Waals surface area contributed by atoms with Crippen LogP contribution in [0.2, 0.25) is 0 Å². The predicted octanol–water partition coefficient (Wildman–Crippen LogP) is 5.54. The minimum Gasteiger partial charge on any atom is -0.466 e. The number of esters is 2. The molecule has 0 bridgehead atoms. The topological polar surface area (TPSA) is 121 Å². The Morgan fingerprint density at radius 3 is 2.39 bits per heavy atom. The van der Waals surface area contributed by atoms with Gasteiger partial charge in [0.1, 0.15) is 17.9 Å². The first-order chi connectivity index (χ1) is 19.8. The molecule has 1 aromatic heterocycles. The Morgan fingerprint density at radius 1 is 0.951 bits per heavy atom. The summed E-state index contributed by atoms with van der Waals surface area (Å²) in [5.41, 5.74) is 2.52. The number of alkyl carbamates (subject to hydrolysis) is 1. The summed E-state index contributed by atoms with van der Waals surface area (Å²) in [6.45, 7) is 6.32. The minimum absolute atomic E-state index is 0.0935. The number of ether oxygens (including phenoxy) is 3. The van der Waals surface area contributed by atoms with E-state index in [2.05, 4.69) is 5.32 Å². The van der Waals surface area contributed by atoms with Crippen LogP contribution in [0.25, 0.3) is 11.0 Å². The maximum absolute atomic E-state index is 13.0. The third kappa shape index (κ3) is 7.74. The molecule has 3 aromatic rings. The second-order valence-corrected chi connectivity index (χ2v) is 10.4. The fourth-order valence-corrected chi connectivity index (χ4v) is 5.23. The van der Waals surface area contributed by atoms with Gasteiger partial charge in [0, 0.05) is 29.5 Å². The summed E-state index contributed by atoms with van der Waals surface area (Å²) in [4.78, 5) is 49.5. The Morgan fingerprint density at radius 2 is 1.68 bits per heavy atom. The summed E-state index contributed by atoms with van der Waals surface area (Å²) in [7, 11) is 0. The number of carbonyl (C=O) groups excluding carboxylic acids is 3. The molecule has 4 rings (SSSR count). The Bertz CT molecular complexity index is 1440. The molecule has 1 amide bonds. The highest BCUT2D eigenvalue weighted by atomic mass is 16.5. The standard InChI is InChI=1S/C32H37NO8/c1-4-38-28(34)17-15-26-20(2)25-14-16-27(21(3)29(25)41-31(26)36)40-30(35)24-12-10-22(11-13-24)18-33-32(37)39-19-23-8-6-5-7-9-23/h5-9,14,16,22,24H,4,10-13,15,17-19H2,1-3H3,(H,33,37). The van der Waals surface area contributed by atoms with Gasteiger partial charge in [-0.3, -0.25) is 9.59 Å². The third-order valence-electron chi connectivity index (χ3n) is 7.68. The average molecular weight is 564 g/mol. The van der Waals surface area contributed by atoms with Crippen molar-refractivity contribution < 1.29 is 33.0 Å². The van der Waals surface area contributed by atoms with Crippen molar-refractivity contribution in [2.45, 2.75) is 65.9 Å². The zero-order chi connectivity index (χ0) is 29.4. The van der Waals surface area contributed by atoms with Crippen molar-refractivity contribution in [3.8, 4) is 5.75 Å². The van der Waals surface area contributed by atoms with Gasteiger partial charge in [0.15, 0.2) is 0 Å². The van der Waals surface area contributed by atoms with Gasteiger partial charge in [0.25, 0.3) is 0 Å². The SMILES string of the molecule is CCOC(=O)CCc1c(C)c2ccc(OC(=O)C3CCC(CNC(=O)OCc4ccccc4)CC3)c(C)c2oc1=O. The quantitative estimate of drug-likeness (QED) is 0.194. The van der Waals surface area contributed by atoms with Crippen molar-refractivity contribution in [2.75, 3.05) is 13.2 Å². The maximum Gasteiger partial charge on any atom is 0.407 e. The van der Waals surface area contributed by atoms with Gasteiger partial charge in [-0.15, -0.1) is 0 Å². The highest BCUT2D eigenvalue weighted by Crippen LogP contribution is 2.33. The molecular weight excluding hydrogens is 526 g/mol. The van der Waals surface area contributed by atoms with Crippen molar-refractivity contribution in [3.05, 3.63) is 75.1 Å². The Labute approximate surface area is 239 Å². The van der Waals surface area contributed by atoms with Gasteiger partial charge >= 0.3 is 23.7 Å². The maximum atomic E-state index is 13.0. The zero-order valence-corrected chi connectivity index (χ0v) is 23.8. The van der Waals surface area contributed by atoms with Gasteiger partial charge in [-0.25, -0.2) is 9.59 Å². The molecule has 0 saturated heterocycles. The number of rotatable bonds is 10. The monoisotopic (exact) mass is 563 g/mol. The van der Waals surface area contributed by atoms with Crippen LogP contribution in [0.4, 0.5) is 4.79 Å². The van der Waals surface area contributed by atoms with Crippen LogP contribution in [-0.4, -0.2) is 31.2 Å². The van der Waals surface area contributed by atoms with Crippen LogP contribution in [-0.2, 0) is 32.1 Å². The van der Waals surface area contributed by atoms with Gasteiger partial charge in [-0.2, -0.15) is 0 Å². The first kappa shape index (κ1) is 29.8. The van der Waals surface area contributed by atoms with Crippen LogP contribution in [0.15, 0.2) is 51.7 Å². The van der Waals surface area contributed by atoms with E-state index in [0.717, 1.165) is 29.4 Å². The van der Waals surface area contributed by atoms with Crippen molar-refractivity contribution in [1.29, 1.82) is 0 Å². The van der Waals surface area contributed by atoms with Gasteiger partial charge < -0.3 is 23.9 Å². The number of fused-ring (bicyclic) bond motifs is 1. The first-order valence-corrected chi connectivity index (χ1v) is 14.1. The summed E-state index contributed by atoms with van der Waals surface area (Å²) < 4.78 is 21.6. The molecule has 0 unspecified atom stereocenters. The van der Waals surface area contributed by atoms with Crippen LogP contribution in [0.3, 0.4) is 0 Å². The highest BCUT2D eigenvalue weighted by molar-refractivity contribution is 5.87. The van der Waals surface area contributed by atoms with E-state index in [4.69, 9.17) is 18.6 Å². The molecule has 218 valence electrons. The molecule has 9 nitrogen and oxygen atoms in total. The van der Waals surface area contributed by atoms with Crippen molar-refractivity contribution in [1.82, 2.24) is 5.32 Å². The predicted molar refractivity (Wildman–Crippen MR) is 153 cm³/mol. The molecule has 9 heteroatoms. The van der Waals surface area contributed by atoms with Gasteiger partial charge in [0.05, 0.1) is 12.5 Å². The second kappa shape index (κ2) is 14.0. The number of hydrogen-bond acceptors (Lipinski definition) is 8. The van der Waals surface area contributed by atoms with Gasteiger partial charge in [0.2, 0.25) is 0 Å². The zero-order valence-electron chi connectivity index (χ0n) is 23.8. The number of benzene rings is 2. The second-order valence-electron chi connectivity index (χ2n) is 10.4. The molecule has 0 radical (unpaired) electrons. The van der Waals surface area contributed by atoms with E-state index in [-0.39, 0.29) is 49.8 Å². The molecule has 1 aliphatic carbocycles. The smallest absolute Gasteiger partial charge is 0.407 e. The lowest BCUT2D eigenvalue weighted by molar-refractivity contribution is -0.143. The lowest BCUT2D eigenvalue weighted by Crippen LogP contribution is -2.33. The number of carbonyl (C=O) groups is 3. The number of nitrogens with one attached hydrogen (secondary N) is 1. The molecule has 1 saturated carbocycles. The molecule has 1 heterocycles. The van der Waals surface area contributed by atoms with E-state index in [1.54, 1.807) is 26.0 Å². The fraction of sp³-hybridized carbons (Fsp3) is 0.438. The summed E-state index contributed by atoms with van der Waals surface area (Å²) in [5.74, 6) is -0.302. The molecule has 1 fully saturated rings.